The van der Waals surface area contributed by atoms with Crippen LogP contribution in [0.4, 0.5) is 5.69 Å². The van der Waals surface area contributed by atoms with Gasteiger partial charge in [-0.1, -0.05) is 56.2 Å². The molecule has 2 aliphatic heterocycles. The summed E-state index contributed by atoms with van der Waals surface area (Å²) in [5, 5.41) is 6.36. The Bertz CT molecular complexity index is 1120. The zero-order valence-electron chi connectivity index (χ0n) is 17.2. The molecule has 6 rings (SSSR count). The second kappa shape index (κ2) is 6.56. The van der Waals surface area contributed by atoms with Crippen LogP contribution in [0.15, 0.2) is 48.0 Å². The zero-order chi connectivity index (χ0) is 20.4. The first-order valence-corrected chi connectivity index (χ1v) is 11.2. The number of para-hydroxylation sites is 1. The number of imide groups is 1. The standard InChI is InChI=1S/C26H26N2O2/c1-2-3-4-7-14-10-11-15-13-18-20(17(15)12-14)22-23(26(30)28-25(22)29)21-16-8-5-6-9-19(16)27-24(18)21/h5-6,8-12,21-24,27H,2-4,7,13H2,1H3,(H,28,29,30). The van der Waals surface area contributed by atoms with Gasteiger partial charge in [0.2, 0.25) is 11.8 Å². The minimum absolute atomic E-state index is 0.0229. The van der Waals surface area contributed by atoms with Gasteiger partial charge in [0, 0.05) is 11.6 Å². The van der Waals surface area contributed by atoms with E-state index in [1.54, 1.807) is 0 Å². The van der Waals surface area contributed by atoms with Crippen molar-refractivity contribution in [2.75, 3.05) is 5.32 Å². The van der Waals surface area contributed by atoms with E-state index in [0.717, 1.165) is 24.1 Å². The highest BCUT2D eigenvalue weighted by Gasteiger charge is 2.58. The molecule has 2 aliphatic carbocycles. The Morgan fingerprint density at radius 3 is 2.73 bits per heavy atom. The molecule has 2 aromatic rings. The first-order chi connectivity index (χ1) is 14.7. The third-order valence-corrected chi connectivity index (χ3v) is 7.51. The molecule has 0 spiro atoms. The molecule has 4 aliphatic rings. The number of unbranched alkanes of at least 4 members (excludes halogenated alkanes) is 2. The number of benzene rings is 2. The fourth-order valence-electron chi connectivity index (χ4n) is 6.22. The maximum atomic E-state index is 13.0. The van der Waals surface area contributed by atoms with Crippen LogP contribution in [0.25, 0.3) is 5.57 Å². The number of anilines is 1. The van der Waals surface area contributed by atoms with Gasteiger partial charge in [0.25, 0.3) is 0 Å². The summed E-state index contributed by atoms with van der Waals surface area (Å²) in [6.07, 6.45) is 5.57. The Hall–Kier alpha value is -2.88. The van der Waals surface area contributed by atoms with Gasteiger partial charge in [0.05, 0.1) is 17.9 Å². The smallest absolute Gasteiger partial charge is 0.234 e. The van der Waals surface area contributed by atoms with Crippen molar-refractivity contribution in [3.63, 3.8) is 0 Å². The highest BCUT2D eigenvalue weighted by Crippen LogP contribution is 2.58. The van der Waals surface area contributed by atoms with Gasteiger partial charge in [-0.05, 0) is 58.7 Å². The summed E-state index contributed by atoms with van der Waals surface area (Å²) in [7, 11) is 0. The SMILES string of the molecule is CCCCCc1ccc2c(c1)C1=C(C2)C2Nc3ccccc3C2C2C(=O)NC(=O)C12. The van der Waals surface area contributed by atoms with Crippen molar-refractivity contribution >= 4 is 23.1 Å². The van der Waals surface area contributed by atoms with Crippen molar-refractivity contribution in [1.29, 1.82) is 0 Å². The van der Waals surface area contributed by atoms with Gasteiger partial charge in [-0.15, -0.1) is 0 Å². The summed E-state index contributed by atoms with van der Waals surface area (Å²) in [5.74, 6) is -0.905. The minimum Gasteiger partial charge on any atom is -0.378 e. The third kappa shape index (κ3) is 2.39. The number of carbonyl (C=O) groups is 2. The number of aryl methyl sites for hydroxylation is 1. The van der Waals surface area contributed by atoms with Crippen LogP contribution in [-0.2, 0) is 22.4 Å². The van der Waals surface area contributed by atoms with Crippen LogP contribution >= 0.6 is 0 Å². The van der Waals surface area contributed by atoms with E-state index in [4.69, 9.17) is 0 Å². The van der Waals surface area contributed by atoms with Crippen LogP contribution in [0.3, 0.4) is 0 Å². The van der Waals surface area contributed by atoms with Gasteiger partial charge in [-0.25, -0.2) is 0 Å². The molecule has 2 heterocycles. The number of carbonyl (C=O) groups excluding carboxylic acids is 2. The zero-order valence-corrected chi connectivity index (χ0v) is 17.2. The van der Waals surface area contributed by atoms with E-state index in [2.05, 4.69) is 47.9 Å². The largest absolute Gasteiger partial charge is 0.378 e. The number of amides is 2. The molecule has 2 amide bonds. The van der Waals surface area contributed by atoms with Gasteiger partial charge < -0.3 is 5.32 Å². The Morgan fingerprint density at radius 1 is 1.00 bits per heavy atom. The molecule has 2 aromatic carbocycles. The van der Waals surface area contributed by atoms with Crippen molar-refractivity contribution in [3.8, 4) is 0 Å². The van der Waals surface area contributed by atoms with E-state index in [9.17, 15) is 9.59 Å². The molecule has 1 fully saturated rings. The van der Waals surface area contributed by atoms with E-state index in [1.807, 2.05) is 12.1 Å². The van der Waals surface area contributed by atoms with Crippen LogP contribution in [0, 0.1) is 11.8 Å². The van der Waals surface area contributed by atoms with Crippen molar-refractivity contribution in [2.24, 2.45) is 11.8 Å². The Morgan fingerprint density at radius 2 is 1.87 bits per heavy atom. The van der Waals surface area contributed by atoms with Crippen molar-refractivity contribution in [3.05, 3.63) is 70.3 Å². The molecule has 4 heteroatoms. The number of rotatable bonds is 4. The second-order valence-electron chi connectivity index (χ2n) is 9.16. The summed E-state index contributed by atoms with van der Waals surface area (Å²) >= 11 is 0. The number of hydrogen-bond acceptors (Lipinski definition) is 3. The Kier molecular flexibility index (Phi) is 3.92. The lowest BCUT2D eigenvalue weighted by Gasteiger charge is -2.35. The average Bonchev–Trinajstić information content (AvgIpc) is 3.39. The van der Waals surface area contributed by atoms with Crippen LogP contribution < -0.4 is 10.6 Å². The van der Waals surface area contributed by atoms with Crippen molar-refractivity contribution in [2.45, 2.75) is 51.0 Å². The summed E-state index contributed by atoms with van der Waals surface area (Å²) < 4.78 is 0. The van der Waals surface area contributed by atoms with E-state index < -0.39 is 0 Å². The molecule has 30 heavy (non-hydrogen) atoms. The number of hydrogen-bond donors (Lipinski definition) is 2. The first-order valence-electron chi connectivity index (χ1n) is 11.2. The van der Waals surface area contributed by atoms with Gasteiger partial charge >= 0.3 is 0 Å². The van der Waals surface area contributed by atoms with E-state index in [-0.39, 0.29) is 35.6 Å². The molecule has 0 saturated carbocycles. The normalized spacial score (nSPS) is 27.8. The van der Waals surface area contributed by atoms with E-state index >= 15 is 0 Å². The first kappa shape index (κ1) is 17.9. The van der Waals surface area contributed by atoms with Crippen molar-refractivity contribution in [1.82, 2.24) is 5.32 Å². The lowest BCUT2D eigenvalue weighted by molar-refractivity contribution is -0.126. The fourth-order valence-corrected chi connectivity index (χ4v) is 6.22. The van der Waals surface area contributed by atoms with Gasteiger partial charge in [-0.2, -0.15) is 0 Å². The Labute approximate surface area is 176 Å². The lowest BCUT2D eigenvalue weighted by atomic mass is 9.66. The van der Waals surface area contributed by atoms with Gasteiger partial charge in [-0.3, -0.25) is 14.9 Å². The molecule has 0 bridgehead atoms. The molecule has 0 radical (unpaired) electrons. The maximum Gasteiger partial charge on any atom is 0.234 e. The summed E-state index contributed by atoms with van der Waals surface area (Å²) in [6.45, 7) is 2.22. The molecule has 4 unspecified atom stereocenters. The molecule has 0 aromatic heterocycles. The lowest BCUT2D eigenvalue weighted by Crippen LogP contribution is -2.39. The number of fused-ring (bicyclic) bond motifs is 9. The molecule has 4 atom stereocenters. The van der Waals surface area contributed by atoms with E-state index in [0.29, 0.717) is 0 Å². The highest BCUT2D eigenvalue weighted by atomic mass is 16.2. The van der Waals surface area contributed by atoms with Crippen LogP contribution in [0.2, 0.25) is 0 Å². The van der Waals surface area contributed by atoms with Crippen LogP contribution in [0.1, 0.15) is 54.4 Å². The molecule has 152 valence electrons. The highest BCUT2D eigenvalue weighted by molar-refractivity contribution is 6.13. The predicted molar refractivity (Wildman–Crippen MR) is 117 cm³/mol. The summed E-state index contributed by atoms with van der Waals surface area (Å²) in [6, 6.07) is 15.1. The molecule has 1 saturated heterocycles. The summed E-state index contributed by atoms with van der Waals surface area (Å²) in [5.41, 5.74) is 8.54. The molecular weight excluding hydrogens is 372 g/mol. The number of nitrogens with one attached hydrogen (secondary N) is 2. The monoisotopic (exact) mass is 398 g/mol. The quantitative estimate of drug-likeness (QED) is 0.599. The van der Waals surface area contributed by atoms with Gasteiger partial charge in [0.1, 0.15) is 0 Å². The minimum atomic E-state index is -0.367. The predicted octanol–water partition coefficient (Wildman–Crippen LogP) is 4.21. The second-order valence-corrected chi connectivity index (χ2v) is 9.16. The van der Waals surface area contributed by atoms with E-state index in [1.165, 1.54) is 47.1 Å². The maximum absolute atomic E-state index is 13.0. The Balaban J connectivity index is 1.47. The summed E-state index contributed by atoms with van der Waals surface area (Å²) in [4.78, 5) is 25.9. The van der Waals surface area contributed by atoms with Crippen LogP contribution in [0.5, 0.6) is 0 Å². The van der Waals surface area contributed by atoms with Gasteiger partial charge in [0.15, 0.2) is 0 Å². The van der Waals surface area contributed by atoms with Crippen LogP contribution in [-0.4, -0.2) is 17.9 Å². The third-order valence-electron chi connectivity index (χ3n) is 7.51. The topological polar surface area (TPSA) is 58.2 Å². The fraction of sp³-hybridized carbons (Fsp3) is 0.385. The van der Waals surface area contributed by atoms with Crippen molar-refractivity contribution < 1.29 is 9.59 Å². The average molecular weight is 399 g/mol. The molecule has 4 nitrogen and oxygen atoms in total. The molecule has 2 N–H and O–H groups in total. The molecular formula is C26H26N2O2.